The quantitative estimate of drug-likeness (QED) is 0.718. The number of nitrogens with zero attached hydrogens (tertiary/aromatic N) is 2. The summed E-state index contributed by atoms with van der Waals surface area (Å²) in [6.45, 7) is 1.37. The fourth-order valence-electron chi connectivity index (χ4n) is 2.42. The van der Waals surface area contributed by atoms with Crippen LogP contribution in [0.1, 0.15) is 16.8 Å². The highest BCUT2D eigenvalue weighted by molar-refractivity contribution is 7.89. The van der Waals surface area contributed by atoms with Crippen molar-refractivity contribution in [3.63, 3.8) is 0 Å². The summed E-state index contributed by atoms with van der Waals surface area (Å²) >= 11 is 0. The molecule has 2 rings (SSSR count). The van der Waals surface area contributed by atoms with E-state index in [0.29, 0.717) is 12.1 Å². The van der Waals surface area contributed by atoms with Crippen molar-refractivity contribution >= 4 is 21.6 Å². The summed E-state index contributed by atoms with van der Waals surface area (Å²) in [5.41, 5.74) is 1.58. The van der Waals surface area contributed by atoms with Crippen molar-refractivity contribution in [3.05, 3.63) is 60.2 Å². The summed E-state index contributed by atoms with van der Waals surface area (Å²) in [4.78, 5) is 14.5. The van der Waals surface area contributed by atoms with Crippen LogP contribution in [0.3, 0.4) is 0 Å². The maximum atomic E-state index is 12.2. The van der Waals surface area contributed by atoms with Gasteiger partial charge in [0.1, 0.15) is 0 Å². The molecule has 26 heavy (non-hydrogen) atoms. The van der Waals surface area contributed by atoms with Crippen molar-refractivity contribution in [3.8, 4) is 0 Å². The smallest absolute Gasteiger partial charge is 0.251 e. The van der Waals surface area contributed by atoms with Crippen LogP contribution in [0.4, 0.5) is 5.69 Å². The second-order valence-corrected chi connectivity index (χ2v) is 8.33. The molecule has 0 aliphatic heterocycles. The van der Waals surface area contributed by atoms with Crippen LogP contribution in [0.5, 0.6) is 0 Å². The molecule has 0 radical (unpaired) electrons. The van der Waals surface area contributed by atoms with Gasteiger partial charge in [-0.05, 0) is 42.8 Å². The first-order valence-corrected chi connectivity index (χ1v) is 9.83. The van der Waals surface area contributed by atoms with Crippen LogP contribution >= 0.6 is 0 Å². The fourth-order valence-corrected chi connectivity index (χ4v) is 3.32. The summed E-state index contributed by atoms with van der Waals surface area (Å²) in [6.07, 6.45) is 0.810. The molecule has 0 bridgehead atoms. The molecule has 0 fully saturated rings. The van der Waals surface area contributed by atoms with Crippen LogP contribution in [0.25, 0.3) is 0 Å². The molecule has 0 aliphatic carbocycles. The number of sulfonamides is 1. The maximum absolute atomic E-state index is 12.2. The number of para-hydroxylation sites is 1. The minimum atomic E-state index is -3.48. The molecule has 6 nitrogen and oxygen atoms in total. The van der Waals surface area contributed by atoms with Crippen LogP contribution in [-0.4, -0.2) is 52.9 Å². The Bertz CT molecular complexity index is 819. The summed E-state index contributed by atoms with van der Waals surface area (Å²) in [7, 11) is 1.48. The second-order valence-electron chi connectivity index (χ2n) is 6.18. The van der Waals surface area contributed by atoms with E-state index in [1.807, 2.05) is 37.4 Å². The number of rotatable bonds is 8. The molecule has 1 amide bonds. The third-order valence-electron chi connectivity index (χ3n) is 4.05. The molecule has 0 aromatic heterocycles. The predicted molar refractivity (Wildman–Crippen MR) is 104 cm³/mol. The normalized spacial score (nSPS) is 11.4. The largest absolute Gasteiger partial charge is 0.375 e. The van der Waals surface area contributed by atoms with E-state index in [2.05, 4.69) is 10.2 Å². The van der Waals surface area contributed by atoms with Gasteiger partial charge < -0.3 is 10.2 Å². The van der Waals surface area contributed by atoms with Gasteiger partial charge in [-0.3, -0.25) is 4.79 Å². The van der Waals surface area contributed by atoms with Gasteiger partial charge in [0, 0.05) is 45.5 Å². The summed E-state index contributed by atoms with van der Waals surface area (Å²) < 4.78 is 25.2. The van der Waals surface area contributed by atoms with Gasteiger partial charge in [-0.1, -0.05) is 18.2 Å². The topological polar surface area (TPSA) is 69.7 Å². The number of benzene rings is 2. The maximum Gasteiger partial charge on any atom is 0.251 e. The molecule has 7 heteroatoms. The van der Waals surface area contributed by atoms with Gasteiger partial charge in [-0.15, -0.1) is 0 Å². The van der Waals surface area contributed by atoms with Crippen molar-refractivity contribution in [2.24, 2.45) is 0 Å². The van der Waals surface area contributed by atoms with E-state index < -0.39 is 10.0 Å². The summed E-state index contributed by atoms with van der Waals surface area (Å²) in [5, 5.41) is 2.86. The van der Waals surface area contributed by atoms with Gasteiger partial charge in [0.15, 0.2) is 0 Å². The lowest BCUT2D eigenvalue weighted by Gasteiger charge is -2.19. The first-order valence-electron chi connectivity index (χ1n) is 8.39. The lowest BCUT2D eigenvalue weighted by molar-refractivity contribution is 0.0953. The van der Waals surface area contributed by atoms with Gasteiger partial charge in [-0.2, -0.15) is 0 Å². The Kier molecular flexibility index (Phi) is 6.76. The Labute approximate surface area is 155 Å². The minimum Gasteiger partial charge on any atom is -0.375 e. The summed E-state index contributed by atoms with van der Waals surface area (Å²) in [6, 6.07) is 16.0. The van der Waals surface area contributed by atoms with E-state index in [1.54, 1.807) is 0 Å². The summed E-state index contributed by atoms with van der Waals surface area (Å²) in [5.74, 6) is -0.207. The molecule has 0 unspecified atom stereocenters. The van der Waals surface area contributed by atoms with Crippen molar-refractivity contribution < 1.29 is 13.2 Å². The first kappa shape index (κ1) is 19.9. The molecule has 0 saturated heterocycles. The number of amides is 1. The zero-order chi connectivity index (χ0) is 19.2. The number of hydrogen-bond donors (Lipinski definition) is 1. The highest BCUT2D eigenvalue weighted by Crippen LogP contribution is 2.14. The third-order valence-corrected chi connectivity index (χ3v) is 5.88. The Balaban J connectivity index is 1.83. The fraction of sp³-hybridized carbons (Fsp3) is 0.316. The van der Waals surface area contributed by atoms with Crippen molar-refractivity contribution in [2.75, 3.05) is 39.1 Å². The van der Waals surface area contributed by atoms with E-state index >= 15 is 0 Å². The monoisotopic (exact) mass is 375 g/mol. The first-order chi connectivity index (χ1) is 12.3. The van der Waals surface area contributed by atoms with Gasteiger partial charge in [0.25, 0.3) is 5.91 Å². The van der Waals surface area contributed by atoms with Gasteiger partial charge in [-0.25, -0.2) is 12.7 Å². The predicted octanol–water partition coefficient (Wildman–Crippen LogP) is 2.19. The number of carbonyl (C=O) groups is 1. The third kappa shape index (κ3) is 5.06. The highest BCUT2D eigenvalue weighted by atomic mass is 32.2. The van der Waals surface area contributed by atoms with Gasteiger partial charge in [0.05, 0.1) is 4.90 Å². The van der Waals surface area contributed by atoms with Gasteiger partial charge in [0.2, 0.25) is 10.0 Å². The average molecular weight is 375 g/mol. The van der Waals surface area contributed by atoms with E-state index in [9.17, 15) is 13.2 Å². The van der Waals surface area contributed by atoms with E-state index in [4.69, 9.17) is 0 Å². The van der Waals surface area contributed by atoms with E-state index in [-0.39, 0.29) is 10.8 Å². The van der Waals surface area contributed by atoms with E-state index in [0.717, 1.165) is 23.0 Å². The lowest BCUT2D eigenvalue weighted by atomic mass is 10.2. The molecular weight excluding hydrogens is 350 g/mol. The average Bonchev–Trinajstić information content (AvgIpc) is 2.65. The van der Waals surface area contributed by atoms with E-state index in [1.165, 1.54) is 38.4 Å². The Morgan fingerprint density at radius 2 is 1.58 bits per heavy atom. The highest BCUT2D eigenvalue weighted by Gasteiger charge is 2.17. The lowest BCUT2D eigenvalue weighted by Crippen LogP contribution is -2.28. The zero-order valence-corrected chi connectivity index (χ0v) is 16.2. The molecule has 0 spiro atoms. The SMILES string of the molecule is CN(CCCNC(=O)c1ccc(S(=O)(=O)N(C)C)cc1)c1ccccc1. The Hall–Kier alpha value is -2.38. The van der Waals surface area contributed by atoms with Crippen molar-refractivity contribution in [1.82, 2.24) is 9.62 Å². The van der Waals surface area contributed by atoms with Crippen molar-refractivity contribution in [2.45, 2.75) is 11.3 Å². The molecule has 0 saturated carbocycles. The Morgan fingerprint density at radius 1 is 0.962 bits per heavy atom. The molecule has 0 atom stereocenters. The van der Waals surface area contributed by atoms with Gasteiger partial charge >= 0.3 is 0 Å². The van der Waals surface area contributed by atoms with Crippen molar-refractivity contribution in [1.29, 1.82) is 0 Å². The number of nitrogens with one attached hydrogen (secondary N) is 1. The molecule has 0 aliphatic rings. The zero-order valence-electron chi connectivity index (χ0n) is 15.3. The molecule has 2 aromatic carbocycles. The molecule has 2 aromatic rings. The molecule has 140 valence electrons. The van der Waals surface area contributed by atoms with Crippen LogP contribution in [0, 0.1) is 0 Å². The van der Waals surface area contributed by atoms with Crippen LogP contribution < -0.4 is 10.2 Å². The number of anilines is 1. The number of hydrogen-bond acceptors (Lipinski definition) is 4. The molecular formula is C19H25N3O3S. The number of carbonyl (C=O) groups excluding carboxylic acids is 1. The molecule has 1 N–H and O–H groups in total. The van der Waals surface area contributed by atoms with Crippen LogP contribution in [0.2, 0.25) is 0 Å². The standard InChI is InChI=1S/C19H25N3O3S/c1-21(2)26(24,25)18-12-10-16(11-13-18)19(23)20-14-7-15-22(3)17-8-5-4-6-9-17/h4-6,8-13H,7,14-15H2,1-3H3,(H,20,23). The van der Waals surface area contributed by atoms with Crippen LogP contribution in [0.15, 0.2) is 59.5 Å². The second kappa shape index (κ2) is 8.82. The molecule has 0 heterocycles. The van der Waals surface area contributed by atoms with Crippen LogP contribution in [-0.2, 0) is 10.0 Å². The minimum absolute atomic E-state index is 0.170. The Morgan fingerprint density at radius 3 is 2.15 bits per heavy atom.